The Morgan fingerprint density at radius 3 is 1.44 bits per heavy atom. The third-order valence-corrected chi connectivity index (χ3v) is 9.08. The molecule has 2 N–H and O–H groups in total. The summed E-state index contributed by atoms with van der Waals surface area (Å²) in [5.74, 6) is 1.42. The van der Waals surface area contributed by atoms with Crippen molar-refractivity contribution in [2.45, 2.75) is 26.2 Å². The molecule has 20 heteroatoms. The monoisotopic (exact) mass is 798 g/mol. The Kier molecular flexibility index (Phi) is 12.6. The first kappa shape index (κ1) is 40.1. The Bertz CT molecular complexity index is 1920. The number of amides is 4. The van der Waals surface area contributed by atoms with Crippen LogP contribution in [0.25, 0.3) is 0 Å². The highest BCUT2D eigenvalue weighted by molar-refractivity contribution is 6.30. The van der Waals surface area contributed by atoms with Crippen LogP contribution in [0.15, 0.2) is 60.7 Å². The van der Waals surface area contributed by atoms with Gasteiger partial charge in [-0.15, -0.1) is 20.4 Å². The fraction of sp³-hybridized carbons (Fsp3) is 0.353. The van der Waals surface area contributed by atoms with Gasteiger partial charge in [-0.25, -0.2) is 9.59 Å². The zero-order chi connectivity index (χ0) is 39.2. The Hall–Kier alpha value is -5.10. The quantitative estimate of drug-likeness (QED) is 0.202. The Morgan fingerprint density at radius 1 is 0.593 bits per heavy atom. The number of hydrogen-bond donors (Lipinski definition) is 2. The fourth-order valence-electron chi connectivity index (χ4n) is 5.52. The number of aromatic nitrogens is 4. The molecule has 0 saturated carbocycles. The molecule has 12 nitrogen and oxygen atoms in total. The number of alkyl halides is 6. The first-order valence-electron chi connectivity index (χ1n) is 16.4. The van der Waals surface area contributed by atoms with Gasteiger partial charge in [0, 0.05) is 63.7 Å². The zero-order valence-electron chi connectivity index (χ0n) is 28.8. The van der Waals surface area contributed by atoms with E-state index < -0.39 is 23.5 Å². The van der Waals surface area contributed by atoms with E-state index in [1.165, 1.54) is 24.3 Å². The number of urea groups is 2. The fourth-order valence-corrected chi connectivity index (χ4v) is 5.81. The van der Waals surface area contributed by atoms with Gasteiger partial charge in [-0.05, 0) is 85.6 Å². The Balaban J connectivity index is 0.000000208. The van der Waals surface area contributed by atoms with Crippen molar-refractivity contribution in [2.24, 2.45) is 0 Å². The normalized spacial score (nSPS) is 15.0. The number of aryl methyl sites for hydroxylation is 2. The number of hydrogen-bond acceptors (Lipinski definition) is 8. The second kappa shape index (κ2) is 16.9. The minimum absolute atomic E-state index is 0.314. The van der Waals surface area contributed by atoms with Crippen LogP contribution in [0, 0.1) is 13.8 Å². The number of benzene rings is 2. The molecule has 0 unspecified atom stereocenters. The summed E-state index contributed by atoms with van der Waals surface area (Å²) < 4.78 is 75.5. The first-order valence-corrected chi connectivity index (χ1v) is 17.2. The van der Waals surface area contributed by atoms with E-state index in [0.29, 0.717) is 79.9 Å². The van der Waals surface area contributed by atoms with Gasteiger partial charge >= 0.3 is 24.4 Å². The lowest BCUT2D eigenvalue weighted by Crippen LogP contribution is -2.50. The molecule has 2 aliphatic rings. The van der Waals surface area contributed by atoms with E-state index in [-0.39, 0.29) is 12.1 Å². The molecule has 2 aliphatic heterocycles. The summed E-state index contributed by atoms with van der Waals surface area (Å²) in [4.78, 5) is 31.9. The summed E-state index contributed by atoms with van der Waals surface area (Å²) in [7, 11) is 0. The SMILES string of the molecule is Cc1cc(Cl)nnc1N1CCN(C(=O)Nc2ccc(C(F)(F)F)cc2)CC1.Cc1cc(N2CCN(C(=O)Nc3ccc(C(F)(F)F)cc3)CC2)nnc1Cl. The van der Waals surface area contributed by atoms with E-state index in [1.54, 1.807) is 15.9 Å². The Morgan fingerprint density at radius 2 is 1.04 bits per heavy atom. The summed E-state index contributed by atoms with van der Waals surface area (Å²) in [6.45, 7) is 7.81. The molecule has 6 rings (SSSR count). The third-order valence-electron chi connectivity index (χ3n) is 8.52. The average Bonchev–Trinajstić information content (AvgIpc) is 3.13. The highest BCUT2D eigenvalue weighted by atomic mass is 35.5. The van der Waals surface area contributed by atoms with Crippen molar-refractivity contribution >= 4 is 58.3 Å². The molecule has 0 spiro atoms. The van der Waals surface area contributed by atoms with Crippen LogP contribution < -0.4 is 20.4 Å². The van der Waals surface area contributed by atoms with Crippen molar-refractivity contribution in [3.05, 3.63) is 93.2 Å². The van der Waals surface area contributed by atoms with E-state index in [1.807, 2.05) is 29.7 Å². The highest BCUT2D eigenvalue weighted by Crippen LogP contribution is 2.31. The second-order valence-electron chi connectivity index (χ2n) is 12.3. The van der Waals surface area contributed by atoms with E-state index in [0.717, 1.165) is 41.2 Å². The number of rotatable bonds is 4. The van der Waals surface area contributed by atoms with Crippen molar-refractivity contribution in [2.75, 3.05) is 72.8 Å². The summed E-state index contributed by atoms with van der Waals surface area (Å²) in [5, 5.41) is 21.8. The molecule has 4 amide bonds. The van der Waals surface area contributed by atoms with Crippen LogP contribution in [0.2, 0.25) is 10.3 Å². The Labute approximate surface area is 316 Å². The van der Waals surface area contributed by atoms with E-state index in [2.05, 4.69) is 31.0 Å². The molecule has 2 fully saturated rings. The standard InChI is InChI=1S/2C17H17ClF3N5O/c1-11-10-14(23-24-15(11)18)25-6-8-26(9-7-25)16(27)22-13-4-2-12(3-5-13)17(19,20)21;1-11-10-14(18)23-24-15(11)25-6-8-26(9-7-25)16(27)22-13-4-2-12(3-5-13)17(19,20)21/h2*2-5,10H,6-9H2,1H3,(H,22,27). The largest absolute Gasteiger partial charge is 0.416 e. The van der Waals surface area contributed by atoms with Gasteiger partial charge in [0.1, 0.15) is 0 Å². The topological polar surface area (TPSA) is 123 Å². The van der Waals surface area contributed by atoms with Gasteiger partial charge in [-0.1, -0.05) is 23.2 Å². The predicted molar refractivity (Wildman–Crippen MR) is 192 cm³/mol. The molecule has 2 aromatic heterocycles. The summed E-state index contributed by atoms with van der Waals surface area (Å²) in [5.41, 5.74) is 0.841. The molecule has 2 saturated heterocycles. The molecule has 0 aliphatic carbocycles. The lowest BCUT2D eigenvalue weighted by Gasteiger charge is -2.35. The van der Waals surface area contributed by atoms with E-state index in [4.69, 9.17) is 23.2 Å². The number of nitrogens with zero attached hydrogens (tertiary/aromatic N) is 8. The van der Waals surface area contributed by atoms with Crippen LogP contribution in [-0.4, -0.2) is 94.6 Å². The smallest absolute Gasteiger partial charge is 0.352 e. The number of halogens is 8. The van der Waals surface area contributed by atoms with E-state index in [9.17, 15) is 35.9 Å². The summed E-state index contributed by atoms with van der Waals surface area (Å²) in [6.07, 6.45) is -8.80. The van der Waals surface area contributed by atoms with Gasteiger partial charge < -0.3 is 30.2 Å². The maximum atomic E-state index is 12.6. The van der Waals surface area contributed by atoms with Crippen LogP contribution in [0.4, 0.5) is 58.9 Å². The number of anilines is 4. The summed E-state index contributed by atoms with van der Waals surface area (Å²) >= 11 is 11.7. The van der Waals surface area contributed by atoms with Gasteiger partial charge in [-0.2, -0.15) is 26.3 Å². The van der Waals surface area contributed by atoms with Gasteiger partial charge in [0.15, 0.2) is 21.9 Å². The molecule has 4 heterocycles. The second-order valence-corrected chi connectivity index (χ2v) is 13.1. The van der Waals surface area contributed by atoms with Crippen molar-refractivity contribution in [1.82, 2.24) is 30.2 Å². The van der Waals surface area contributed by atoms with Crippen molar-refractivity contribution in [3.63, 3.8) is 0 Å². The van der Waals surface area contributed by atoms with Crippen molar-refractivity contribution in [3.8, 4) is 0 Å². The van der Waals surface area contributed by atoms with Gasteiger partial charge in [0.2, 0.25) is 0 Å². The van der Waals surface area contributed by atoms with Crippen LogP contribution in [-0.2, 0) is 12.4 Å². The minimum atomic E-state index is -4.40. The molecule has 0 atom stereocenters. The molecule has 0 bridgehead atoms. The predicted octanol–water partition coefficient (Wildman–Crippen LogP) is 7.62. The molecule has 2 aromatic carbocycles. The van der Waals surface area contributed by atoms with Crippen LogP contribution >= 0.6 is 23.2 Å². The average molecular weight is 800 g/mol. The van der Waals surface area contributed by atoms with Crippen molar-refractivity contribution < 1.29 is 35.9 Å². The maximum Gasteiger partial charge on any atom is 0.416 e. The van der Waals surface area contributed by atoms with Crippen molar-refractivity contribution in [1.29, 1.82) is 0 Å². The number of nitrogens with one attached hydrogen (secondary N) is 2. The lowest BCUT2D eigenvalue weighted by molar-refractivity contribution is -0.138. The number of carbonyl (C=O) groups is 2. The lowest BCUT2D eigenvalue weighted by atomic mass is 10.2. The third kappa shape index (κ3) is 10.5. The van der Waals surface area contributed by atoms with Gasteiger partial charge in [-0.3, -0.25) is 0 Å². The number of carbonyl (C=O) groups excluding carboxylic acids is 2. The molecule has 54 heavy (non-hydrogen) atoms. The first-order chi connectivity index (χ1) is 25.5. The zero-order valence-corrected chi connectivity index (χ0v) is 30.4. The van der Waals surface area contributed by atoms with E-state index >= 15 is 0 Å². The van der Waals surface area contributed by atoms with Crippen LogP contribution in [0.1, 0.15) is 22.3 Å². The van der Waals surface area contributed by atoms with Crippen LogP contribution in [0.3, 0.4) is 0 Å². The minimum Gasteiger partial charge on any atom is -0.352 e. The molecule has 0 radical (unpaired) electrons. The maximum absolute atomic E-state index is 12.6. The van der Waals surface area contributed by atoms with Crippen LogP contribution in [0.5, 0.6) is 0 Å². The summed E-state index contributed by atoms with van der Waals surface area (Å²) in [6, 6.07) is 11.6. The molecule has 288 valence electrons. The molecule has 4 aromatic rings. The highest BCUT2D eigenvalue weighted by Gasteiger charge is 2.31. The van der Waals surface area contributed by atoms with Gasteiger partial charge in [0.25, 0.3) is 0 Å². The molecular formula is C34H34Cl2F6N10O2. The number of piperazine rings is 2. The van der Waals surface area contributed by atoms with Gasteiger partial charge in [0.05, 0.1) is 11.1 Å². The molecular weight excluding hydrogens is 765 g/mol.